The fraction of sp³-hybridized carbons (Fsp3) is 0.667. The van der Waals surface area contributed by atoms with Crippen molar-refractivity contribution in [3.05, 3.63) is 34.9 Å². The Hall–Kier alpha value is -0.820. The van der Waals surface area contributed by atoms with Crippen molar-refractivity contribution in [3.8, 4) is 0 Å². The van der Waals surface area contributed by atoms with Gasteiger partial charge in [0.2, 0.25) is 0 Å². The minimum Gasteiger partial charge on any atom is -0.388 e. The van der Waals surface area contributed by atoms with Crippen molar-refractivity contribution in [3.63, 3.8) is 0 Å². The molecule has 1 nitrogen and oxygen atoms in total. The number of rotatable bonds is 4. The third-order valence-electron chi connectivity index (χ3n) is 5.04. The Morgan fingerprint density at radius 3 is 2.53 bits per heavy atom. The zero-order valence-electron chi connectivity index (χ0n) is 12.9. The van der Waals surface area contributed by atoms with Crippen molar-refractivity contribution in [1.82, 2.24) is 0 Å². The van der Waals surface area contributed by atoms with Crippen LogP contribution in [0.15, 0.2) is 18.2 Å². The van der Waals surface area contributed by atoms with Gasteiger partial charge in [-0.1, -0.05) is 52.3 Å². The highest BCUT2D eigenvalue weighted by atomic mass is 16.3. The van der Waals surface area contributed by atoms with Gasteiger partial charge in [-0.15, -0.1) is 0 Å². The Morgan fingerprint density at radius 1 is 1.26 bits per heavy atom. The number of aliphatic hydroxyl groups is 1. The van der Waals surface area contributed by atoms with E-state index in [1.165, 1.54) is 29.5 Å². The van der Waals surface area contributed by atoms with Gasteiger partial charge in [0.1, 0.15) is 0 Å². The van der Waals surface area contributed by atoms with E-state index >= 15 is 0 Å². The molecule has 2 rings (SSSR count). The van der Waals surface area contributed by atoms with Gasteiger partial charge in [0, 0.05) is 0 Å². The Morgan fingerprint density at radius 2 is 2.00 bits per heavy atom. The number of aryl methyl sites for hydroxylation is 2. The maximum Gasteiger partial charge on any atom is 0.0826 e. The molecule has 19 heavy (non-hydrogen) atoms. The summed E-state index contributed by atoms with van der Waals surface area (Å²) in [5, 5.41) is 10.9. The molecule has 1 aliphatic carbocycles. The molecule has 0 saturated heterocycles. The Kier molecular flexibility index (Phi) is 4.35. The molecule has 1 fully saturated rings. The van der Waals surface area contributed by atoms with Crippen LogP contribution in [0.3, 0.4) is 0 Å². The van der Waals surface area contributed by atoms with Crippen LogP contribution in [-0.2, 0) is 12.8 Å². The summed E-state index contributed by atoms with van der Waals surface area (Å²) in [6.45, 7) is 8.97. The lowest BCUT2D eigenvalue weighted by Crippen LogP contribution is -2.25. The molecule has 0 aliphatic heterocycles. The highest BCUT2D eigenvalue weighted by Gasteiger charge is 2.39. The van der Waals surface area contributed by atoms with Crippen LogP contribution in [0.2, 0.25) is 0 Å². The first-order chi connectivity index (χ1) is 8.99. The molecule has 1 heteroatoms. The van der Waals surface area contributed by atoms with Gasteiger partial charge in [0.05, 0.1) is 6.10 Å². The van der Waals surface area contributed by atoms with Crippen LogP contribution in [0.4, 0.5) is 0 Å². The van der Waals surface area contributed by atoms with E-state index in [-0.39, 0.29) is 11.5 Å². The number of benzene rings is 1. The zero-order chi connectivity index (χ0) is 14.0. The maximum absolute atomic E-state index is 10.9. The largest absolute Gasteiger partial charge is 0.388 e. The second-order valence-corrected chi connectivity index (χ2v) is 6.67. The first-order valence-electron chi connectivity index (χ1n) is 7.79. The van der Waals surface area contributed by atoms with E-state index in [1.807, 2.05) is 0 Å². The highest BCUT2D eigenvalue weighted by Crippen LogP contribution is 2.49. The van der Waals surface area contributed by atoms with E-state index in [4.69, 9.17) is 0 Å². The van der Waals surface area contributed by atoms with Gasteiger partial charge in [-0.2, -0.15) is 0 Å². The summed E-state index contributed by atoms with van der Waals surface area (Å²) in [7, 11) is 0. The van der Waals surface area contributed by atoms with Crippen LogP contribution >= 0.6 is 0 Å². The van der Waals surface area contributed by atoms with Crippen molar-refractivity contribution in [2.24, 2.45) is 11.3 Å². The minimum absolute atomic E-state index is 0.270. The molecule has 0 heterocycles. The molecule has 0 aromatic heterocycles. The van der Waals surface area contributed by atoms with Crippen LogP contribution in [-0.4, -0.2) is 5.11 Å². The summed E-state index contributed by atoms with van der Waals surface area (Å²) in [5.41, 5.74) is 4.10. The SMILES string of the molecule is CCc1ccc(CC)c(C(O)C2CCCC2(C)C)c1. The predicted molar refractivity (Wildman–Crippen MR) is 81.3 cm³/mol. The molecular weight excluding hydrogens is 232 g/mol. The minimum atomic E-state index is -0.293. The Labute approximate surface area is 118 Å². The topological polar surface area (TPSA) is 20.2 Å². The standard InChI is InChI=1S/C18H28O/c1-5-13-9-10-14(6-2)15(12-13)17(19)16-8-7-11-18(16,3)4/h9-10,12,16-17,19H,5-8,11H2,1-4H3. The normalized spacial score (nSPS) is 23.5. The lowest BCUT2D eigenvalue weighted by Gasteiger charge is -2.32. The third-order valence-corrected chi connectivity index (χ3v) is 5.04. The van der Waals surface area contributed by atoms with Gasteiger partial charge in [0.25, 0.3) is 0 Å². The van der Waals surface area contributed by atoms with Crippen LogP contribution in [0.25, 0.3) is 0 Å². The molecule has 1 aromatic rings. The van der Waals surface area contributed by atoms with Gasteiger partial charge in [-0.05, 0) is 53.7 Å². The second-order valence-electron chi connectivity index (χ2n) is 6.67. The molecule has 1 aliphatic rings. The zero-order valence-corrected chi connectivity index (χ0v) is 12.9. The third kappa shape index (κ3) is 2.86. The summed E-state index contributed by atoms with van der Waals surface area (Å²) in [6, 6.07) is 6.64. The Balaban J connectivity index is 2.34. The van der Waals surface area contributed by atoms with E-state index in [1.54, 1.807) is 0 Å². The van der Waals surface area contributed by atoms with Crippen LogP contribution < -0.4 is 0 Å². The fourth-order valence-corrected chi connectivity index (χ4v) is 3.62. The van der Waals surface area contributed by atoms with E-state index < -0.39 is 0 Å². The molecule has 0 spiro atoms. The average molecular weight is 260 g/mol. The number of hydrogen-bond donors (Lipinski definition) is 1. The highest BCUT2D eigenvalue weighted by molar-refractivity contribution is 5.34. The van der Waals surface area contributed by atoms with Gasteiger partial charge < -0.3 is 5.11 Å². The summed E-state index contributed by atoms with van der Waals surface area (Å²) in [4.78, 5) is 0. The van der Waals surface area contributed by atoms with E-state index in [9.17, 15) is 5.11 Å². The molecule has 0 amide bonds. The van der Waals surface area contributed by atoms with E-state index in [0.717, 1.165) is 19.3 Å². The molecule has 0 radical (unpaired) electrons. The average Bonchev–Trinajstić information content (AvgIpc) is 2.76. The van der Waals surface area contributed by atoms with Crippen LogP contribution in [0.5, 0.6) is 0 Å². The molecule has 2 unspecified atom stereocenters. The summed E-state index contributed by atoms with van der Waals surface area (Å²) >= 11 is 0. The predicted octanol–water partition coefficient (Wildman–Crippen LogP) is 4.67. The van der Waals surface area contributed by atoms with Gasteiger partial charge >= 0.3 is 0 Å². The first-order valence-corrected chi connectivity index (χ1v) is 7.79. The molecule has 2 atom stereocenters. The van der Waals surface area contributed by atoms with Crippen LogP contribution in [0.1, 0.15) is 69.8 Å². The molecule has 0 bridgehead atoms. The lowest BCUT2D eigenvalue weighted by molar-refractivity contribution is 0.0525. The Bertz CT molecular complexity index is 433. The smallest absolute Gasteiger partial charge is 0.0826 e. The monoisotopic (exact) mass is 260 g/mol. The van der Waals surface area contributed by atoms with Crippen molar-refractivity contribution >= 4 is 0 Å². The van der Waals surface area contributed by atoms with Crippen molar-refractivity contribution in [1.29, 1.82) is 0 Å². The molecule has 1 aromatic carbocycles. The quantitative estimate of drug-likeness (QED) is 0.834. The van der Waals surface area contributed by atoms with Crippen molar-refractivity contribution in [2.45, 2.75) is 65.9 Å². The van der Waals surface area contributed by atoms with Crippen LogP contribution in [0, 0.1) is 11.3 Å². The van der Waals surface area contributed by atoms with E-state index in [0.29, 0.717) is 5.92 Å². The second kappa shape index (κ2) is 5.66. The molecular formula is C18H28O. The maximum atomic E-state index is 10.9. The molecule has 1 N–H and O–H groups in total. The van der Waals surface area contributed by atoms with Gasteiger partial charge in [0.15, 0.2) is 0 Å². The first kappa shape index (κ1) is 14.6. The summed E-state index contributed by atoms with van der Waals surface area (Å²) in [6.07, 6.45) is 5.40. The molecule has 106 valence electrons. The number of hydrogen-bond acceptors (Lipinski definition) is 1. The lowest BCUT2D eigenvalue weighted by atomic mass is 9.75. The van der Waals surface area contributed by atoms with Gasteiger partial charge in [-0.25, -0.2) is 0 Å². The van der Waals surface area contributed by atoms with E-state index in [2.05, 4.69) is 45.9 Å². The summed E-state index contributed by atoms with van der Waals surface area (Å²) in [5.74, 6) is 0.407. The van der Waals surface area contributed by atoms with Crippen molar-refractivity contribution in [2.75, 3.05) is 0 Å². The fourth-order valence-electron chi connectivity index (χ4n) is 3.62. The van der Waals surface area contributed by atoms with Gasteiger partial charge in [-0.3, -0.25) is 0 Å². The molecule has 1 saturated carbocycles. The summed E-state index contributed by atoms with van der Waals surface area (Å²) < 4.78 is 0. The number of aliphatic hydroxyl groups excluding tert-OH is 1. The van der Waals surface area contributed by atoms with Crippen molar-refractivity contribution < 1.29 is 5.11 Å².